The molecule has 0 radical (unpaired) electrons. The van der Waals surface area contributed by atoms with Gasteiger partial charge in [0.1, 0.15) is 6.10 Å². The second-order valence-corrected chi connectivity index (χ2v) is 3.12. The van der Waals surface area contributed by atoms with Crippen LogP contribution in [-0.4, -0.2) is 43.8 Å². The molecule has 0 aromatic heterocycles. The van der Waals surface area contributed by atoms with E-state index in [0.29, 0.717) is 0 Å². The zero-order valence-electron chi connectivity index (χ0n) is 7.13. The predicted octanol–water partition coefficient (Wildman–Crippen LogP) is 0.0449. The standard InChI is InChI=1S/C7H14N2O2/c1-5-6(4-9(2)3)8-7(10)11-5/h5-6H,4H2,1-3H3,(H,8,10). The molecule has 1 aliphatic heterocycles. The number of likely N-dealkylation sites (N-methyl/N-ethyl adjacent to an activating group) is 1. The molecule has 2 atom stereocenters. The summed E-state index contributed by atoms with van der Waals surface area (Å²) in [4.78, 5) is 12.7. The topological polar surface area (TPSA) is 41.6 Å². The number of cyclic esters (lactones) is 1. The molecule has 0 spiro atoms. The van der Waals surface area contributed by atoms with Crippen molar-refractivity contribution in [2.24, 2.45) is 0 Å². The molecule has 4 nitrogen and oxygen atoms in total. The molecule has 1 amide bonds. The van der Waals surface area contributed by atoms with E-state index in [-0.39, 0.29) is 18.2 Å². The number of alkyl carbamates (subject to hydrolysis) is 1. The van der Waals surface area contributed by atoms with E-state index in [2.05, 4.69) is 5.32 Å². The van der Waals surface area contributed by atoms with Gasteiger partial charge in [-0.3, -0.25) is 0 Å². The molecule has 1 heterocycles. The molecule has 0 bridgehead atoms. The van der Waals surface area contributed by atoms with Crippen molar-refractivity contribution < 1.29 is 9.53 Å². The number of nitrogens with zero attached hydrogens (tertiary/aromatic N) is 1. The maximum atomic E-state index is 10.7. The summed E-state index contributed by atoms with van der Waals surface area (Å²) >= 11 is 0. The number of hydrogen-bond acceptors (Lipinski definition) is 3. The van der Waals surface area contributed by atoms with Gasteiger partial charge in [-0.05, 0) is 21.0 Å². The van der Waals surface area contributed by atoms with Gasteiger partial charge in [0.05, 0.1) is 6.04 Å². The molecule has 4 heteroatoms. The lowest BCUT2D eigenvalue weighted by Gasteiger charge is -2.17. The fourth-order valence-electron chi connectivity index (χ4n) is 1.14. The van der Waals surface area contributed by atoms with Gasteiger partial charge in [-0.1, -0.05) is 0 Å². The summed E-state index contributed by atoms with van der Waals surface area (Å²) in [5.74, 6) is 0. The van der Waals surface area contributed by atoms with Crippen LogP contribution < -0.4 is 5.32 Å². The molecule has 1 saturated heterocycles. The first-order valence-electron chi connectivity index (χ1n) is 3.71. The lowest BCUT2D eigenvalue weighted by molar-refractivity contribution is 0.137. The lowest BCUT2D eigenvalue weighted by atomic mass is 10.2. The minimum Gasteiger partial charge on any atom is -0.444 e. The van der Waals surface area contributed by atoms with Crippen LogP contribution in [0.5, 0.6) is 0 Å². The van der Waals surface area contributed by atoms with Crippen LogP contribution in [0.2, 0.25) is 0 Å². The largest absolute Gasteiger partial charge is 0.444 e. The van der Waals surface area contributed by atoms with Crippen molar-refractivity contribution in [2.75, 3.05) is 20.6 Å². The number of rotatable bonds is 2. The normalized spacial score (nSPS) is 30.4. The van der Waals surface area contributed by atoms with Crippen LogP contribution in [0.15, 0.2) is 0 Å². The van der Waals surface area contributed by atoms with E-state index in [0.717, 1.165) is 6.54 Å². The average molecular weight is 158 g/mol. The van der Waals surface area contributed by atoms with Crippen molar-refractivity contribution >= 4 is 6.09 Å². The summed E-state index contributed by atoms with van der Waals surface area (Å²) in [6, 6.07) is 0.137. The number of hydrogen-bond donors (Lipinski definition) is 1. The van der Waals surface area contributed by atoms with Crippen LogP contribution in [0.1, 0.15) is 6.92 Å². The van der Waals surface area contributed by atoms with Crippen molar-refractivity contribution in [2.45, 2.75) is 19.1 Å². The van der Waals surface area contributed by atoms with Crippen LogP contribution in [0.25, 0.3) is 0 Å². The molecule has 1 fully saturated rings. The van der Waals surface area contributed by atoms with Crippen molar-refractivity contribution in [3.63, 3.8) is 0 Å². The molecule has 0 aromatic carbocycles. The summed E-state index contributed by atoms with van der Waals surface area (Å²) in [5.41, 5.74) is 0. The minimum atomic E-state index is -0.302. The number of carbonyl (C=O) groups excluding carboxylic acids is 1. The second-order valence-electron chi connectivity index (χ2n) is 3.12. The first kappa shape index (κ1) is 8.33. The van der Waals surface area contributed by atoms with E-state index in [4.69, 9.17) is 4.74 Å². The van der Waals surface area contributed by atoms with Gasteiger partial charge < -0.3 is 15.0 Å². The first-order chi connectivity index (χ1) is 5.09. The van der Waals surface area contributed by atoms with Crippen LogP contribution in [0.4, 0.5) is 4.79 Å². The Labute approximate surface area is 66.5 Å². The van der Waals surface area contributed by atoms with E-state index in [1.54, 1.807) is 0 Å². The summed E-state index contributed by atoms with van der Waals surface area (Å²) in [5, 5.41) is 2.73. The van der Waals surface area contributed by atoms with E-state index < -0.39 is 0 Å². The highest BCUT2D eigenvalue weighted by atomic mass is 16.6. The fourth-order valence-corrected chi connectivity index (χ4v) is 1.14. The molecule has 0 aliphatic carbocycles. The molecule has 1 rings (SSSR count). The molecule has 64 valence electrons. The molecule has 0 aromatic rings. The van der Waals surface area contributed by atoms with Gasteiger partial charge in [-0.15, -0.1) is 0 Å². The third-order valence-corrected chi connectivity index (χ3v) is 1.72. The molecule has 0 saturated carbocycles. The van der Waals surface area contributed by atoms with Crippen molar-refractivity contribution in [1.29, 1.82) is 0 Å². The highest BCUT2D eigenvalue weighted by Crippen LogP contribution is 2.07. The van der Waals surface area contributed by atoms with E-state index in [1.807, 2.05) is 25.9 Å². The van der Waals surface area contributed by atoms with Crippen molar-refractivity contribution in [1.82, 2.24) is 10.2 Å². The molecular formula is C7H14N2O2. The number of carbonyl (C=O) groups is 1. The highest BCUT2D eigenvalue weighted by Gasteiger charge is 2.30. The zero-order valence-corrected chi connectivity index (χ0v) is 7.13. The Morgan fingerprint density at radius 3 is 2.64 bits per heavy atom. The Morgan fingerprint density at radius 1 is 1.64 bits per heavy atom. The summed E-state index contributed by atoms with van der Waals surface area (Å²) in [6.07, 6.45) is -0.311. The van der Waals surface area contributed by atoms with Crippen LogP contribution >= 0.6 is 0 Å². The van der Waals surface area contributed by atoms with Crippen molar-refractivity contribution in [3.05, 3.63) is 0 Å². The summed E-state index contributed by atoms with van der Waals surface area (Å²) in [7, 11) is 3.94. The van der Waals surface area contributed by atoms with E-state index in [9.17, 15) is 4.79 Å². The maximum absolute atomic E-state index is 10.7. The second kappa shape index (κ2) is 3.09. The summed E-state index contributed by atoms with van der Waals surface area (Å²) in [6.45, 7) is 2.72. The van der Waals surface area contributed by atoms with Gasteiger partial charge in [0.25, 0.3) is 0 Å². The molecular weight excluding hydrogens is 144 g/mol. The molecule has 11 heavy (non-hydrogen) atoms. The predicted molar refractivity (Wildman–Crippen MR) is 41.4 cm³/mol. The van der Waals surface area contributed by atoms with Gasteiger partial charge in [-0.2, -0.15) is 0 Å². The van der Waals surface area contributed by atoms with E-state index >= 15 is 0 Å². The smallest absolute Gasteiger partial charge is 0.407 e. The van der Waals surface area contributed by atoms with Crippen LogP contribution in [-0.2, 0) is 4.74 Å². The zero-order chi connectivity index (χ0) is 8.43. The maximum Gasteiger partial charge on any atom is 0.407 e. The highest BCUT2D eigenvalue weighted by molar-refractivity contribution is 5.70. The van der Waals surface area contributed by atoms with Crippen LogP contribution in [0, 0.1) is 0 Å². The lowest BCUT2D eigenvalue weighted by Crippen LogP contribution is -2.39. The quantitative estimate of drug-likeness (QED) is 0.617. The van der Waals surface area contributed by atoms with Gasteiger partial charge in [-0.25, -0.2) is 4.79 Å². The monoisotopic (exact) mass is 158 g/mol. The average Bonchev–Trinajstić information content (AvgIpc) is 2.09. The number of amides is 1. The van der Waals surface area contributed by atoms with Gasteiger partial charge in [0.2, 0.25) is 0 Å². The third-order valence-electron chi connectivity index (χ3n) is 1.72. The van der Waals surface area contributed by atoms with Gasteiger partial charge in [0, 0.05) is 6.54 Å². The van der Waals surface area contributed by atoms with Gasteiger partial charge >= 0.3 is 6.09 Å². The van der Waals surface area contributed by atoms with Gasteiger partial charge in [0.15, 0.2) is 0 Å². The fraction of sp³-hybridized carbons (Fsp3) is 0.857. The Hall–Kier alpha value is -0.770. The molecule has 1 aliphatic rings. The SMILES string of the molecule is CC1OC(=O)NC1CN(C)C. The Bertz CT molecular complexity index is 159. The Balaban J connectivity index is 2.40. The van der Waals surface area contributed by atoms with Crippen molar-refractivity contribution in [3.8, 4) is 0 Å². The molecule has 1 N–H and O–H groups in total. The molecule has 2 unspecified atom stereocenters. The Morgan fingerprint density at radius 2 is 2.27 bits per heavy atom. The van der Waals surface area contributed by atoms with E-state index in [1.165, 1.54) is 0 Å². The number of ether oxygens (including phenoxy) is 1. The Kier molecular flexibility index (Phi) is 2.34. The minimum absolute atomic E-state index is 0.00935. The number of nitrogens with one attached hydrogen (secondary N) is 1. The third kappa shape index (κ3) is 2.08. The summed E-state index contributed by atoms with van der Waals surface area (Å²) < 4.78 is 4.90. The van der Waals surface area contributed by atoms with Crippen LogP contribution in [0.3, 0.4) is 0 Å². The first-order valence-corrected chi connectivity index (χ1v) is 3.71.